The molecule has 252 valence electrons. The zero-order chi connectivity index (χ0) is 34.1. The van der Waals surface area contributed by atoms with Gasteiger partial charge in [-0.15, -0.1) is 11.8 Å². The first-order chi connectivity index (χ1) is 23.9. The average molecular weight is 698 g/mol. The number of aromatic carboxylic acids is 1. The molecular formula is C38H36ClN3O6S. The van der Waals surface area contributed by atoms with E-state index >= 15 is 0 Å². The van der Waals surface area contributed by atoms with E-state index in [0.717, 1.165) is 44.0 Å². The molecule has 0 amide bonds. The van der Waals surface area contributed by atoms with Gasteiger partial charge in [-0.25, -0.2) is 4.79 Å². The van der Waals surface area contributed by atoms with Gasteiger partial charge in [-0.3, -0.25) is 4.68 Å². The van der Waals surface area contributed by atoms with Gasteiger partial charge in [0.25, 0.3) is 0 Å². The fourth-order valence-corrected chi connectivity index (χ4v) is 7.91. The van der Waals surface area contributed by atoms with Crippen LogP contribution in [0.3, 0.4) is 0 Å². The van der Waals surface area contributed by atoms with Gasteiger partial charge in [0.15, 0.2) is 0 Å². The highest BCUT2D eigenvalue weighted by Crippen LogP contribution is 2.43. The minimum absolute atomic E-state index is 0.198. The van der Waals surface area contributed by atoms with Gasteiger partial charge in [0.2, 0.25) is 0 Å². The van der Waals surface area contributed by atoms with Crippen LogP contribution in [-0.2, 0) is 43.7 Å². The van der Waals surface area contributed by atoms with Crippen LogP contribution in [0.25, 0.3) is 32.8 Å². The van der Waals surface area contributed by atoms with Crippen molar-refractivity contribution in [2.45, 2.75) is 43.2 Å². The number of benzene rings is 4. The van der Waals surface area contributed by atoms with E-state index < -0.39 is 5.97 Å². The molecule has 0 unspecified atom stereocenters. The van der Waals surface area contributed by atoms with Gasteiger partial charge in [0, 0.05) is 39.6 Å². The lowest BCUT2D eigenvalue weighted by Gasteiger charge is -2.17. The monoisotopic (exact) mass is 697 g/mol. The molecule has 2 N–H and O–H groups in total. The molecule has 2 aromatic heterocycles. The van der Waals surface area contributed by atoms with Gasteiger partial charge >= 0.3 is 5.97 Å². The molecule has 4 aromatic carbocycles. The third kappa shape index (κ3) is 6.37. The van der Waals surface area contributed by atoms with Crippen molar-refractivity contribution in [1.29, 1.82) is 0 Å². The smallest absolute Gasteiger partial charge is 0.352 e. The van der Waals surface area contributed by atoms with Crippen molar-refractivity contribution in [3.05, 3.63) is 106 Å². The summed E-state index contributed by atoms with van der Waals surface area (Å²) >= 11 is 8.60. The number of rotatable bonds is 12. The first-order valence-electron chi connectivity index (χ1n) is 16.1. The molecule has 9 nitrogen and oxygen atoms in total. The normalized spacial score (nSPS) is 12.8. The van der Waals surface area contributed by atoms with Gasteiger partial charge < -0.3 is 29.0 Å². The number of hydrogen-bond donors (Lipinski definition) is 2. The fourth-order valence-electron chi connectivity index (χ4n) is 6.74. The number of aryl methyl sites for hydroxylation is 2. The van der Waals surface area contributed by atoms with Crippen molar-refractivity contribution >= 4 is 51.0 Å². The lowest BCUT2D eigenvalue weighted by Crippen LogP contribution is -2.17. The van der Waals surface area contributed by atoms with Crippen molar-refractivity contribution in [2.24, 2.45) is 7.05 Å². The van der Waals surface area contributed by atoms with Crippen LogP contribution in [0.15, 0.2) is 77.7 Å². The van der Waals surface area contributed by atoms with Gasteiger partial charge in [-0.05, 0) is 59.7 Å². The summed E-state index contributed by atoms with van der Waals surface area (Å²) in [7, 11) is 3.41. The summed E-state index contributed by atoms with van der Waals surface area (Å²) in [4.78, 5) is 13.8. The number of carbonyl (C=O) groups is 1. The van der Waals surface area contributed by atoms with Crippen LogP contribution in [0.1, 0.15) is 39.4 Å². The molecule has 49 heavy (non-hydrogen) atoms. The molecule has 0 aliphatic carbocycles. The van der Waals surface area contributed by atoms with Crippen LogP contribution in [0.5, 0.6) is 11.5 Å². The third-order valence-electron chi connectivity index (χ3n) is 9.02. The summed E-state index contributed by atoms with van der Waals surface area (Å²) in [5.41, 5.74) is 5.44. The van der Waals surface area contributed by atoms with Crippen molar-refractivity contribution in [3.63, 3.8) is 0 Å². The molecule has 0 saturated heterocycles. The molecule has 0 atom stereocenters. The Morgan fingerprint density at radius 3 is 2.65 bits per heavy atom. The van der Waals surface area contributed by atoms with Crippen LogP contribution in [0, 0.1) is 0 Å². The van der Waals surface area contributed by atoms with Crippen LogP contribution >= 0.6 is 23.4 Å². The number of thioether (sulfide) groups is 1. The molecule has 3 heterocycles. The van der Waals surface area contributed by atoms with Crippen LogP contribution in [0.4, 0.5) is 0 Å². The first kappa shape index (κ1) is 33.0. The lowest BCUT2D eigenvalue weighted by atomic mass is 9.97. The molecule has 11 heteroatoms. The molecule has 1 aliphatic rings. The second-order valence-electron chi connectivity index (χ2n) is 11.9. The van der Waals surface area contributed by atoms with E-state index in [-0.39, 0.29) is 12.3 Å². The van der Waals surface area contributed by atoms with Gasteiger partial charge in [-0.1, -0.05) is 54.1 Å². The Morgan fingerprint density at radius 2 is 1.88 bits per heavy atom. The summed E-state index contributed by atoms with van der Waals surface area (Å²) in [5.74, 6) is 1.42. The largest absolute Gasteiger partial charge is 0.497 e. The number of carboxylic acid groups (broad SMARTS) is 1. The summed E-state index contributed by atoms with van der Waals surface area (Å²) < 4.78 is 21.0. The van der Waals surface area contributed by atoms with Crippen LogP contribution in [0.2, 0.25) is 5.02 Å². The van der Waals surface area contributed by atoms with Gasteiger partial charge in [0.1, 0.15) is 17.2 Å². The van der Waals surface area contributed by atoms with Crippen molar-refractivity contribution in [2.75, 3.05) is 20.3 Å². The molecule has 0 saturated carbocycles. The second kappa shape index (κ2) is 14.2. The Hall–Kier alpha value is -4.48. The number of ether oxygens (including phenoxy) is 3. The van der Waals surface area contributed by atoms with E-state index in [4.69, 9.17) is 25.8 Å². The lowest BCUT2D eigenvalue weighted by molar-refractivity contribution is 0.0685. The Morgan fingerprint density at radius 1 is 1.06 bits per heavy atom. The predicted octanol–water partition coefficient (Wildman–Crippen LogP) is 7.88. The van der Waals surface area contributed by atoms with E-state index in [1.54, 1.807) is 36.6 Å². The summed E-state index contributed by atoms with van der Waals surface area (Å²) in [6.07, 6.45) is 1.07. The first-order valence-corrected chi connectivity index (χ1v) is 17.5. The Bertz CT molecular complexity index is 2180. The molecule has 0 fully saturated rings. The summed E-state index contributed by atoms with van der Waals surface area (Å²) in [6, 6.07) is 24.2. The number of aliphatic hydroxyl groups is 1. The van der Waals surface area contributed by atoms with E-state index in [9.17, 15) is 15.0 Å². The SMILES string of the molecule is COc1ccc(CSc2cc(OCCCc3c(C(=O)O)n(C)c4c(-c5c(CO)nn6c5COCC6)c(Cl)ccc34)c3ccccc3c2)cc1. The Kier molecular flexibility index (Phi) is 9.55. The number of aliphatic hydroxyl groups excluding tert-OH is 1. The van der Waals surface area contributed by atoms with Crippen LogP contribution < -0.4 is 9.47 Å². The molecule has 0 spiro atoms. The quantitative estimate of drug-likeness (QED) is 0.0983. The number of fused-ring (bicyclic) bond motifs is 3. The minimum atomic E-state index is -1.02. The maximum atomic E-state index is 12.7. The minimum Gasteiger partial charge on any atom is -0.497 e. The van der Waals surface area contributed by atoms with Crippen molar-refractivity contribution in [1.82, 2.24) is 14.3 Å². The Balaban J connectivity index is 1.16. The van der Waals surface area contributed by atoms with E-state index in [0.29, 0.717) is 72.1 Å². The molecule has 0 radical (unpaired) electrons. The number of nitrogens with zero attached hydrogens (tertiary/aromatic N) is 3. The predicted molar refractivity (Wildman–Crippen MR) is 192 cm³/mol. The maximum Gasteiger partial charge on any atom is 0.352 e. The number of hydrogen-bond acceptors (Lipinski definition) is 7. The van der Waals surface area contributed by atoms with Crippen molar-refractivity contribution < 1.29 is 29.2 Å². The highest BCUT2D eigenvalue weighted by atomic mass is 35.5. The zero-order valence-electron chi connectivity index (χ0n) is 27.2. The van der Waals surface area contributed by atoms with E-state index in [2.05, 4.69) is 41.5 Å². The van der Waals surface area contributed by atoms with Crippen molar-refractivity contribution in [3.8, 4) is 22.6 Å². The third-order valence-corrected chi connectivity index (χ3v) is 10.4. The van der Waals surface area contributed by atoms with Gasteiger partial charge in [-0.2, -0.15) is 5.10 Å². The summed E-state index contributed by atoms with van der Waals surface area (Å²) in [5, 5.41) is 28.6. The topological polar surface area (TPSA) is 108 Å². The number of methoxy groups -OCH3 is 1. The van der Waals surface area contributed by atoms with E-state index in [1.807, 2.05) is 35.0 Å². The molecule has 1 aliphatic heterocycles. The number of carboxylic acids is 1. The maximum absolute atomic E-state index is 12.7. The molecular weight excluding hydrogens is 662 g/mol. The fraction of sp³-hybridized carbons (Fsp3) is 0.263. The second-order valence-corrected chi connectivity index (χ2v) is 13.4. The zero-order valence-corrected chi connectivity index (χ0v) is 28.8. The van der Waals surface area contributed by atoms with E-state index in [1.165, 1.54) is 5.56 Å². The molecule has 0 bridgehead atoms. The summed E-state index contributed by atoms with van der Waals surface area (Å²) in [6.45, 7) is 1.53. The number of aromatic nitrogens is 3. The van der Waals surface area contributed by atoms with Gasteiger partial charge in [0.05, 0.1) is 62.0 Å². The van der Waals surface area contributed by atoms with Crippen LogP contribution in [-0.4, -0.2) is 50.9 Å². The molecule has 6 aromatic rings. The number of halogens is 1. The highest BCUT2D eigenvalue weighted by molar-refractivity contribution is 7.98. The Labute approximate surface area is 293 Å². The standard InChI is InChI=1S/C38H36ClN3O6S/c1-41-36-29(13-14-30(39)34(36)35-31(20-43)40-42-15-17-47-21-32(35)42)28(37(41)38(44)45)8-5-16-48-33-19-26(18-24-6-3-4-7-27(24)33)49-22-23-9-11-25(46-2)12-10-23/h3-4,6-7,9-14,18-19,43H,5,8,15-17,20-22H2,1-2H3,(H,44,45). The molecule has 7 rings (SSSR count). The highest BCUT2D eigenvalue weighted by Gasteiger charge is 2.29. The average Bonchev–Trinajstić information content (AvgIpc) is 3.63.